The van der Waals surface area contributed by atoms with Crippen molar-refractivity contribution in [2.24, 2.45) is 0 Å². The van der Waals surface area contributed by atoms with Crippen LogP contribution in [0.25, 0.3) is 0 Å². The lowest BCUT2D eigenvalue weighted by atomic mass is 10.1. The Morgan fingerprint density at radius 1 is 1.03 bits per heavy atom. The first-order valence-corrected chi connectivity index (χ1v) is 12.8. The molecule has 2 amide bonds. The van der Waals surface area contributed by atoms with Crippen LogP contribution in [0.1, 0.15) is 55.4 Å². The minimum absolute atomic E-state index is 0.0215. The highest BCUT2D eigenvalue weighted by molar-refractivity contribution is 7.99. The molecule has 0 aliphatic heterocycles. The average molecular weight is 475 g/mol. The van der Waals surface area contributed by atoms with Crippen LogP contribution in [0.2, 0.25) is 5.02 Å². The fraction of sp³-hybridized carbons (Fsp3) is 0.462. The van der Waals surface area contributed by atoms with Crippen molar-refractivity contribution in [1.29, 1.82) is 0 Å². The van der Waals surface area contributed by atoms with E-state index in [9.17, 15) is 9.59 Å². The smallest absolute Gasteiger partial charge is 0.242 e. The first-order valence-electron chi connectivity index (χ1n) is 11.3. The summed E-state index contributed by atoms with van der Waals surface area (Å²) in [6.07, 6.45) is 2.51. The van der Waals surface area contributed by atoms with Crippen molar-refractivity contribution in [3.63, 3.8) is 0 Å². The van der Waals surface area contributed by atoms with E-state index in [-0.39, 0.29) is 11.8 Å². The third-order valence-corrected chi connectivity index (χ3v) is 6.50. The Morgan fingerprint density at radius 3 is 2.28 bits per heavy atom. The van der Waals surface area contributed by atoms with Gasteiger partial charge in [0, 0.05) is 23.9 Å². The van der Waals surface area contributed by atoms with Gasteiger partial charge in [0.15, 0.2) is 0 Å². The second-order valence-electron chi connectivity index (χ2n) is 8.21. The number of hydrogen-bond acceptors (Lipinski definition) is 3. The molecule has 174 valence electrons. The van der Waals surface area contributed by atoms with Crippen molar-refractivity contribution in [3.8, 4) is 0 Å². The van der Waals surface area contributed by atoms with Crippen molar-refractivity contribution < 1.29 is 9.59 Å². The van der Waals surface area contributed by atoms with Gasteiger partial charge in [0.25, 0.3) is 0 Å². The number of halogens is 1. The largest absolute Gasteiger partial charge is 0.354 e. The number of carbonyl (C=O) groups excluding carboxylic acids is 2. The number of rotatable bonds is 12. The second-order valence-corrected chi connectivity index (χ2v) is 9.63. The van der Waals surface area contributed by atoms with Crippen LogP contribution in [-0.2, 0) is 21.9 Å². The van der Waals surface area contributed by atoms with Crippen LogP contribution in [0, 0.1) is 13.8 Å². The molecule has 0 spiro atoms. The summed E-state index contributed by atoms with van der Waals surface area (Å²) in [6, 6.07) is 13.4. The first kappa shape index (κ1) is 26.3. The Kier molecular flexibility index (Phi) is 11.1. The van der Waals surface area contributed by atoms with Crippen molar-refractivity contribution in [2.45, 2.75) is 65.3 Å². The van der Waals surface area contributed by atoms with E-state index in [4.69, 9.17) is 11.6 Å². The fourth-order valence-corrected chi connectivity index (χ4v) is 4.67. The molecule has 0 fully saturated rings. The number of thioether (sulfide) groups is 1. The van der Waals surface area contributed by atoms with E-state index >= 15 is 0 Å². The quantitative estimate of drug-likeness (QED) is 0.389. The van der Waals surface area contributed by atoms with Gasteiger partial charge < -0.3 is 10.2 Å². The third kappa shape index (κ3) is 8.51. The minimum Gasteiger partial charge on any atom is -0.354 e. The van der Waals surface area contributed by atoms with Gasteiger partial charge in [-0.2, -0.15) is 0 Å². The zero-order chi connectivity index (χ0) is 23.5. The SMILES string of the molecule is CCCCNC(=O)C(CC)N(Cc1ccc(Cl)cc1)C(=O)CSCc1cc(C)cc(C)c1. The fourth-order valence-electron chi connectivity index (χ4n) is 3.70. The van der Waals surface area contributed by atoms with Gasteiger partial charge in [0.05, 0.1) is 5.75 Å². The predicted molar refractivity (Wildman–Crippen MR) is 136 cm³/mol. The highest BCUT2D eigenvalue weighted by Crippen LogP contribution is 2.19. The highest BCUT2D eigenvalue weighted by atomic mass is 35.5. The molecule has 2 aromatic rings. The van der Waals surface area contributed by atoms with Gasteiger partial charge in [0.1, 0.15) is 6.04 Å². The first-order chi connectivity index (χ1) is 15.3. The lowest BCUT2D eigenvalue weighted by Crippen LogP contribution is -2.49. The van der Waals surface area contributed by atoms with Crippen LogP contribution in [0.15, 0.2) is 42.5 Å². The zero-order valence-corrected chi connectivity index (χ0v) is 21.2. The third-order valence-electron chi connectivity index (χ3n) is 5.26. The summed E-state index contributed by atoms with van der Waals surface area (Å²) in [5.74, 6) is 0.997. The van der Waals surface area contributed by atoms with E-state index in [1.54, 1.807) is 16.7 Å². The number of aryl methyl sites for hydroxylation is 2. The molecule has 4 nitrogen and oxygen atoms in total. The summed E-state index contributed by atoms with van der Waals surface area (Å²) in [6.45, 7) is 9.24. The molecule has 0 aliphatic rings. The van der Waals surface area contributed by atoms with Crippen molar-refractivity contribution >= 4 is 35.2 Å². The molecule has 0 saturated carbocycles. The Morgan fingerprint density at radius 2 is 1.69 bits per heavy atom. The summed E-state index contributed by atoms with van der Waals surface area (Å²) in [5, 5.41) is 3.65. The normalized spacial score (nSPS) is 11.8. The van der Waals surface area contributed by atoms with Gasteiger partial charge in [-0.1, -0.05) is 73.3 Å². The molecule has 32 heavy (non-hydrogen) atoms. The number of nitrogens with one attached hydrogen (secondary N) is 1. The number of unbranched alkanes of at least 4 members (excludes halogenated alkanes) is 1. The maximum absolute atomic E-state index is 13.3. The molecule has 0 saturated heterocycles. The summed E-state index contributed by atoms with van der Waals surface area (Å²) < 4.78 is 0. The second kappa shape index (κ2) is 13.5. The molecule has 1 unspecified atom stereocenters. The maximum Gasteiger partial charge on any atom is 0.242 e. The zero-order valence-electron chi connectivity index (χ0n) is 19.6. The number of carbonyl (C=O) groups is 2. The van der Waals surface area contributed by atoms with Crippen LogP contribution in [0.3, 0.4) is 0 Å². The minimum atomic E-state index is -0.489. The number of amides is 2. The van der Waals surface area contributed by atoms with E-state index in [0.29, 0.717) is 30.3 Å². The standard InChI is InChI=1S/C26H35ClN2O2S/c1-5-7-12-28-26(31)24(6-2)29(16-21-8-10-23(27)11-9-21)25(30)18-32-17-22-14-19(3)13-20(4)15-22/h8-11,13-15,24H,5-7,12,16-18H2,1-4H3,(H,28,31). The van der Waals surface area contributed by atoms with Gasteiger partial charge in [0.2, 0.25) is 11.8 Å². The molecule has 0 heterocycles. The molecule has 0 bridgehead atoms. The van der Waals surface area contributed by atoms with Crippen LogP contribution in [0.4, 0.5) is 0 Å². The van der Waals surface area contributed by atoms with E-state index < -0.39 is 6.04 Å². The molecular weight excluding hydrogens is 440 g/mol. The molecule has 2 aromatic carbocycles. The molecule has 0 aromatic heterocycles. The van der Waals surface area contributed by atoms with Gasteiger partial charge in [-0.3, -0.25) is 9.59 Å². The van der Waals surface area contributed by atoms with Gasteiger partial charge in [-0.25, -0.2) is 0 Å². The maximum atomic E-state index is 13.3. The van der Waals surface area contributed by atoms with E-state index in [2.05, 4.69) is 44.3 Å². The summed E-state index contributed by atoms with van der Waals surface area (Å²) in [4.78, 5) is 27.9. The number of hydrogen-bond donors (Lipinski definition) is 1. The monoisotopic (exact) mass is 474 g/mol. The number of nitrogens with zero attached hydrogens (tertiary/aromatic N) is 1. The average Bonchev–Trinajstić information content (AvgIpc) is 2.74. The lowest BCUT2D eigenvalue weighted by molar-refractivity contribution is -0.139. The lowest BCUT2D eigenvalue weighted by Gasteiger charge is -2.30. The Labute approximate surface area is 202 Å². The molecule has 0 radical (unpaired) electrons. The van der Waals surface area contributed by atoms with E-state index in [1.165, 1.54) is 16.7 Å². The number of benzene rings is 2. The molecule has 2 rings (SSSR count). The topological polar surface area (TPSA) is 49.4 Å². The summed E-state index contributed by atoms with van der Waals surface area (Å²) >= 11 is 7.61. The van der Waals surface area contributed by atoms with Crippen molar-refractivity contribution in [2.75, 3.05) is 12.3 Å². The summed E-state index contributed by atoms with van der Waals surface area (Å²) in [7, 11) is 0. The van der Waals surface area contributed by atoms with Crippen LogP contribution in [-0.4, -0.2) is 35.1 Å². The van der Waals surface area contributed by atoms with E-state index in [0.717, 1.165) is 24.2 Å². The predicted octanol–water partition coefficient (Wildman–Crippen LogP) is 5.91. The summed E-state index contributed by atoms with van der Waals surface area (Å²) in [5.41, 5.74) is 4.63. The Balaban J connectivity index is 2.11. The Bertz CT molecular complexity index is 866. The van der Waals surface area contributed by atoms with Crippen LogP contribution in [0.5, 0.6) is 0 Å². The molecule has 1 atom stereocenters. The van der Waals surface area contributed by atoms with Crippen molar-refractivity contribution in [3.05, 3.63) is 69.7 Å². The highest BCUT2D eigenvalue weighted by Gasteiger charge is 2.28. The van der Waals surface area contributed by atoms with Gasteiger partial charge >= 0.3 is 0 Å². The molecule has 0 aliphatic carbocycles. The van der Waals surface area contributed by atoms with E-state index in [1.807, 2.05) is 31.2 Å². The van der Waals surface area contributed by atoms with Gasteiger partial charge in [-0.05, 0) is 49.9 Å². The van der Waals surface area contributed by atoms with Crippen LogP contribution >= 0.6 is 23.4 Å². The van der Waals surface area contributed by atoms with Gasteiger partial charge in [-0.15, -0.1) is 11.8 Å². The van der Waals surface area contributed by atoms with Crippen LogP contribution < -0.4 is 5.32 Å². The Hall–Kier alpha value is -1.98. The molecule has 6 heteroatoms. The van der Waals surface area contributed by atoms with Crippen molar-refractivity contribution in [1.82, 2.24) is 10.2 Å². The molecular formula is C26H35ClN2O2S. The molecule has 1 N–H and O–H groups in total.